The number of rotatable bonds is 10. The molecule has 0 saturated heterocycles. The topological polar surface area (TPSA) is 82.1 Å². The van der Waals surface area contributed by atoms with E-state index in [2.05, 4.69) is 29.3 Å². The predicted molar refractivity (Wildman–Crippen MR) is 138 cm³/mol. The Balaban J connectivity index is 1.74. The van der Waals surface area contributed by atoms with Gasteiger partial charge in [-0.15, -0.1) is 0 Å². The molecule has 7 nitrogen and oxygen atoms in total. The van der Waals surface area contributed by atoms with Gasteiger partial charge in [0.1, 0.15) is 6.54 Å². The Labute approximate surface area is 201 Å². The van der Waals surface area contributed by atoms with Crippen molar-refractivity contribution >= 4 is 33.5 Å². The minimum Gasteiger partial charge on any atom is -0.372 e. The van der Waals surface area contributed by atoms with Gasteiger partial charge in [-0.05, 0) is 62.7 Å². The number of aryl methyl sites for hydroxylation is 1. The zero-order valence-electron chi connectivity index (χ0n) is 19.7. The van der Waals surface area contributed by atoms with Crippen LogP contribution in [0.3, 0.4) is 0 Å². The van der Waals surface area contributed by atoms with E-state index < -0.39 is 22.5 Å². The Morgan fingerprint density at radius 3 is 2.06 bits per heavy atom. The second-order valence-electron chi connectivity index (χ2n) is 7.72. The van der Waals surface area contributed by atoms with Crippen LogP contribution >= 0.6 is 0 Å². The smallest absolute Gasteiger partial charge is 0.264 e. The molecule has 178 valence electrons. The maximum Gasteiger partial charge on any atom is 0.264 e. The Hall–Kier alpha value is -3.65. The number of sulfonamides is 1. The largest absolute Gasteiger partial charge is 0.372 e. The molecule has 34 heavy (non-hydrogen) atoms. The average Bonchev–Trinajstić information content (AvgIpc) is 2.85. The van der Waals surface area contributed by atoms with E-state index >= 15 is 0 Å². The number of hydrazone groups is 1. The molecule has 0 heterocycles. The first-order chi connectivity index (χ1) is 16.3. The molecule has 0 saturated carbocycles. The summed E-state index contributed by atoms with van der Waals surface area (Å²) >= 11 is 0. The minimum atomic E-state index is -3.94. The molecule has 3 aromatic carbocycles. The summed E-state index contributed by atoms with van der Waals surface area (Å²) in [7, 11) is -3.94. The van der Waals surface area contributed by atoms with Gasteiger partial charge in [0.25, 0.3) is 15.9 Å². The van der Waals surface area contributed by atoms with Gasteiger partial charge < -0.3 is 4.90 Å². The molecule has 0 aliphatic rings. The van der Waals surface area contributed by atoms with Gasteiger partial charge in [0.2, 0.25) is 0 Å². The number of amides is 1. The number of benzene rings is 3. The van der Waals surface area contributed by atoms with Crippen molar-refractivity contribution in [2.45, 2.75) is 25.7 Å². The van der Waals surface area contributed by atoms with Crippen molar-refractivity contribution in [1.29, 1.82) is 0 Å². The third-order valence-electron chi connectivity index (χ3n) is 5.36. The lowest BCUT2D eigenvalue weighted by Gasteiger charge is -2.23. The Morgan fingerprint density at radius 1 is 0.882 bits per heavy atom. The van der Waals surface area contributed by atoms with Crippen LogP contribution in [0, 0.1) is 6.92 Å². The molecule has 0 aromatic heterocycles. The van der Waals surface area contributed by atoms with Crippen LogP contribution in [-0.4, -0.2) is 40.2 Å². The first-order valence-electron chi connectivity index (χ1n) is 11.2. The molecule has 0 spiro atoms. The standard InChI is InChI=1S/C26H30N4O3S/c1-4-29(5-2)23-17-13-22(14-18-23)19-27-28-26(31)20-30(24-15-11-21(3)12-16-24)34(32,33)25-9-7-6-8-10-25/h6-19H,4-5,20H2,1-3H3,(H,28,31)/b27-19-. The first kappa shape index (κ1) is 25.0. The highest BCUT2D eigenvalue weighted by Crippen LogP contribution is 2.23. The molecule has 0 unspecified atom stereocenters. The fourth-order valence-corrected chi connectivity index (χ4v) is 4.89. The van der Waals surface area contributed by atoms with Crippen LogP contribution in [0.25, 0.3) is 0 Å². The quantitative estimate of drug-likeness (QED) is 0.350. The summed E-state index contributed by atoms with van der Waals surface area (Å²) in [5, 5.41) is 4.01. The summed E-state index contributed by atoms with van der Waals surface area (Å²) < 4.78 is 27.7. The van der Waals surface area contributed by atoms with Crippen LogP contribution in [0.1, 0.15) is 25.0 Å². The highest BCUT2D eigenvalue weighted by atomic mass is 32.2. The van der Waals surface area contributed by atoms with E-state index in [0.29, 0.717) is 5.69 Å². The lowest BCUT2D eigenvalue weighted by atomic mass is 10.2. The van der Waals surface area contributed by atoms with Crippen LogP contribution in [0.5, 0.6) is 0 Å². The van der Waals surface area contributed by atoms with E-state index in [4.69, 9.17) is 0 Å². The number of hydrogen-bond donors (Lipinski definition) is 1. The van der Waals surface area contributed by atoms with Crippen LogP contribution < -0.4 is 14.6 Å². The van der Waals surface area contributed by atoms with Crippen molar-refractivity contribution in [3.05, 3.63) is 90.0 Å². The average molecular weight is 479 g/mol. The summed E-state index contributed by atoms with van der Waals surface area (Å²) in [6.45, 7) is 7.56. The number of hydrogen-bond acceptors (Lipinski definition) is 5. The third-order valence-corrected chi connectivity index (χ3v) is 7.15. The molecule has 1 N–H and O–H groups in total. The highest BCUT2D eigenvalue weighted by Gasteiger charge is 2.27. The SMILES string of the molecule is CCN(CC)c1ccc(/C=N\NC(=O)CN(c2ccc(C)cc2)S(=O)(=O)c2ccccc2)cc1. The fraction of sp³-hybridized carbons (Fsp3) is 0.231. The van der Waals surface area contributed by atoms with Gasteiger partial charge >= 0.3 is 0 Å². The molecule has 0 bridgehead atoms. The van der Waals surface area contributed by atoms with Crippen LogP contribution in [0.15, 0.2) is 88.9 Å². The molecule has 3 rings (SSSR count). The summed E-state index contributed by atoms with van der Waals surface area (Å²) in [5.41, 5.74) is 5.77. The monoisotopic (exact) mass is 478 g/mol. The van der Waals surface area contributed by atoms with E-state index in [1.807, 2.05) is 31.2 Å². The normalized spacial score (nSPS) is 11.4. The molecular weight excluding hydrogens is 448 g/mol. The molecule has 1 amide bonds. The highest BCUT2D eigenvalue weighted by molar-refractivity contribution is 7.92. The molecular formula is C26H30N4O3S. The van der Waals surface area contributed by atoms with Gasteiger partial charge in [0.15, 0.2) is 0 Å². The first-order valence-corrected chi connectivity index (χ1v) is 12.6. The van der Waals surface area contributed by atoms with E-state index in [9.17, 15) is 13.2 Å². The van der Waals surface area contributed by atoms with E-state index in [1.165, 1.54) is 18.3 Å². The molecule has 3 aromatic rings. The fourth-order valence-electron chi connectivity index (χ4n) is 3.45. The number of anilines is 2. The zero-order valence-corrected chi connectivity index (χ0v) is 20.5. The van der Waals surface area contributed by atoms with Gasteiger partial charge in [0.05, 0.1) is 16.8 Å². The van der Waals surface area contributed by atoms with E-state index in [-0.39, 0.29) is 4.90 Å². The van der Waals surface area contributed by atoms with Gasteiger partial charge in [-0.1, -0.05) is 48.0 Å². The lowest BCUT2D eigenvalue weighted by Crippen LogP contribution is -2.39. The molecule has 0 aliphatic heterocycles. The number of nitrogens with zero attached hydrogens (tertiary/aromatic N) is 3. The van der Waals surface area contributed by atoms with E-state index in [1.54, 1.807) is 42.5 Å². The van der Waals surface area contributed by atoms with Gasteiger partial charge in [-0.25, -0.2) is 13.8 Å². The lowest BCUT2D eigenvalue weighted by molar-refractivity contribution is -0.119. The molecule has 8 heteroatoms. The van der Waals surface area contributed by atoms with E-state index in [0.717, 1.165) is 34.2 Å². The predicted octanol–water partition coefficient (Wildman–Crippen LogP) is 4.19. The van der Waals surface area contributed by atoms with Gasteiger partial charge in [-0.2, -0.15) is 5.10 Å². The zero-order chi connectivity index (χ0) is 24.6. The molecule has 0 fully saturated rings. The Kier molecular flexibility index (Phi) is 8.43. The van der Waals surface area contributed by atoms with Crippen LogP contribution in [-0.2, 0) is 14.8 Å². The maximum atomic E-state index is 13.3. The summed E-state index contributed by atoms with van der Waals surface area (Å²) in [5.74, 6) is -0.545. The number of nitrogens with one attached hydrogen (secondary N) is 1. The summed E-state index contributed by atoms with van der Waals surface area (Å²) in [6.07, 6.45) is 1.53. The van der Waals surface area contributed by atoms with Crippen molar-refractivity contribution < 1.29 is 13.2 Å². The Bertz CT molecular complexity index is 1210. The number of carbonyl (C=O) groups is 1. The van der Waals surface area contributed by atoms with Crippen molar-refractivity contribution in [3.8, 4) is 0 Å². The van der Waals surface area contributed by atoms with Crippen molar-refractivity contribution in [1.82, 2.24) is 5.43 Å². The van der Waals surface area contributed by atoms with Gasteiger partial charge in [0, 0.05) is 18.8 Å². The third kappa shape index (κ3) is 6.23. The summed E-state index contributed by atoms with van der Waals surface area (Å²) in [4.78, 5) is 15.0. The van der Waals surface area contributed by atoms with Crippen molar-refractivity contribution in [3.63, 3.8) is 0 Å². The Morgan fingerprint density at radius 2 is 1.47 bits per heavy atom. The maximum absolute atomic E-state index is 13.3. The molecule has 0 aliphatic carbocycles. The second-order valence-corrected chi connectivity index (χ2v) is 9.58. The van der Waals surface area contributed by atoms with Crippen molar-refractivity contribution in [2.75, 3.05) is 28.8 Å². The van der Waals surface area contributed by atoms with Crippen LogP contribution in [0.4, 0.5) is 11.4 Å². The minimum absolute atomic E-state index is 0.111. The molecule has 0 radical (unpaired) electrons. The van der Waals surface area contributed by atoms with Gasteiger partial charge in [-0.3, -0.25) is 9.10 Å². The van der Waals surface area contributed by atoms with Crippen LogP contribution in [0.2, 0.25) is 0 Å². The summed E-state index contributed by atoms with van der Waals surface area (Å²) in [6, 6.07) is 22.9. The second kappa shape index (κ2) is 11.5. The number of carbonyl (C=O) groups excluding carboxylic acids is 1. The molecule has 0 atom stereocenters. The van der Waals surface area contributed by atoms with Crippen molar-refractivity contribution in [2.24, 2.45) is 5.10 Å².